The van der Waals surface area contributed by atoms with Crippen molar-refractivity contribution in [2.24, 2.45) is 0 Å². The van der Waals surface area contributed by atoms with Gasteiger partial charge >= 0.3 is 0 Å². The lowest BCUT2D eigenvalue weighted by Gasteiger charge is -2.24. The number of hydrogen-bond acceptors (Lipinski definition) is 2. The minimum absolute atomic E-state index is 0.0167. The third-order valence-corrected chi connectivity index (χ3v) is 6.77. The molecule has 5 rings (SSSR count). The van der Waals surface area contributed by atoms with Crippen LogP contribution in [0.5, 0.6) is 0 Å². The van der Waals surface area contributed by atoms with Crippen molar-refractivity contribution in [3.05, 3.63) is 131 Å². The molecule has 1 heterocycles. The minimum atomic E-state index is -0.281. The van der Waals surface area contributed by atoms with Crippen LogP contribution in [0.15, 0.2) is 108 Å². The molecule has 2 nitrogen and oxygen atoms in total. The molecule has 0 aliphatic carbocycles. The molecule has 1 amide bonds. The zero-order valence-corrected chi connectivity index (χ0v) is 17.6. The first-order valence-electron chi connectivity index (χ1n) is 10.2. The van der Waals surface area contributed by atoms with Gasteiger partial charge < -0.3 is 4.90 Å². The monoisotopic (exact) mass is 425 g/mol. The van der Waals surface area contributed by atoms with Crippen molar-refractivity contribution < 1.29 is 9.18 Å². The van der Waals surface area contributed by atoms with Gasteiger partial charge in [-0.25, -0.2) is 4.39 Å². The van der Waals surface area contributed by atoms with E-state index in [0.29, 0.717) is 12.1 Å². The van der Waals surface area contributed by atoms with Crippen LogP contribution in [0.3, 0.4) is 0 Å². The maximum atomic E-state index is 13.7. The van der Waals surface area contributed by atoms with E-state index in [-0.39, 0.29) is 17.0 Å². The summed E-state index contributed by atoms with van der Waals surface area (Å²) in [7, 11) is 0. The van der Waals surface area contributed by atoms with Crippen LogP contribution < -0.4 is 4.90 Å². The van der Waals surface area contributed by atoms with E-state index in [9.17, 15) is 9.18 Å². The zero-order valence-electron chi connectivity index (χ0n) is 16.7. The Morgan fingerprint density at radius 3 is 2.16 bits per heavy atom. The van der Waals surface area contributed by atoms with Crippen molar-refractivity contribution in [1.82, 2.24) is 0 Å². The molecular weight excluding hydrogens is 405 g/mol. The first kappa shape index (κ1) is 19.6. The number of halogens is 1. The van der Waals surface area contributed by atoms with Gasteiger partial charge in [-0.3, -0.25) is 4.79 Å². The minimum Gasteiger partial charge on any atom is -0.304 e. The number of nitrogens with zero attached hydrogens (tertiary/aromatic N) is 1. The highest BCUT2D eigenvalue weighted by atomic mass is 32.2. The molecule has 4 aromatic rings. The molecule has 0 saturated heterocycles. The van der Waals surface area contributed by atoms with Crippen LogP contribution in [0.4, 0.5) is 10.1 Å². The van der Waals surface area contributed by atoms with Crippen LogP contribution in [0.25, 0.3) is 0 Å². The maximum absolute atomic E-state index is 13.7. The van der Waals surface area contributed by atoms with Crippen molar-refractivity contribution in [2.45, 2.75) is 16.7 Å². The molecule has 0 aromatic heterocycles. The topological polar surface area (TPSA) is 20.3 Å². The van der Waals surface area contributed by atoms with Crippen LogP contribution >= 0.6 is 11.8 Å². The fourth-order valence-corrected chi connectivity index (χ4v) is 5.23. The first-order valence-corrected chi connectivity index (χ1v) is 11.0. The van der Waals surface area contributed by atoms with E-state index in [2.05, 4.69) is 18.2 Å². The van der Waals surface area contributed by atoms with Gasteiger partial charge in [-0.05, 0) is 53.1 Å². The van der Waals surface area contributed by atoms with E-state index in [4.69, 9.17) is 0 Å². The molecule has 31 heavy (non-hydrogen) atoms. The molecule has 0 N–H and O–H groups in total. The van der Waals surface area contributed by atoms with Crippen molar-refractivity contribution in [1.29, 1.82) is 0 Å². The lowest BCUT2D eigenvalue weighted by molar-refractivity contribution is 0.0985. The van der Waals surface area contributed by atoms with Crippen molar-refractivity contribution in [3.63, 3.8) is 0 Å². The molecule has 0 saturated carbocycles. The number of carbonyl (C=O) groups excluding carboxylic acids is 1. The van der Waals surface area contributed by atoms with Crippen molar-refractivity contribution in [2.75, 3.05) is 4.90 Å². The highest BCUT2D eigenvalue weighted by Crippen LogP contribution is 2.47. The molecule has 0 spiro atoms. The third-order valence-electron chi connectivity index (χ3n) is 5.48. The highest BCUT2D eigenvalue weighted by Gasteiger charge is 2.32. The quantitative estimate of drug-likeness (QED) is 0.356. The lowest BCUT2D eigenvalue weighted by atomic mass is 10.00. The summed E-state index contributed by atoms with van der Waals surface area (Å²) in [6.07, 6.45) is 0. The smallest absolute Gasteiger partial charge is 0.258 e. The standard InChI is InChI=1S/C27H20FNOS/c28-20-16-14-19(15-17-20)18-29-25-13-7-6-12-24(25)26(31-21-8-2-1-3-9-21)22-10-4-5-11-23(22)27(29)30/h1-17,26H,18H2/t26-/m0/s1. The number of rotatable bonds is 4. The van der Waals surface area contributed by atoms with Gasteiger partial charge in [0.25, 0.3) is 5.91 Å². The number of carbonyl (C=O) groups is 1. The highest BCUT2D eigenvalue weighted by molar-refractivity contribution is 7.99. The van der Waals surface area contributed by atoms with Crippen LogP contribution in [-0.2, 0) is 6.54 Å². The second kappa shape index (κ2) is 8.40. The number of benzene rings is 4. The Morgan fingerprint density at radius 1 is 0.742 bits per heavy atom. The Hall–Kier alpha value is -3.37. The molecular formula is C27H20FNOS. The van der Waals surface area contributed by atoms with Gasteiger partial charge in [0, 0.05) is 16.1 Å². The Kier molecular flexibility index (Phi) is 5.31. The average Bonchev–Trinajstić information content (AvgIpc) is 2.91. The van der Waals surface area contributed by atoms with Crippen molar-refractivity contribution in [3.8, 4) is 0 Å². The summed E-state index contributed by atoms with van der Waals surface area (Å²) in [5.74, 6) is -0.320. The van der Waals surface area contributed by atoms with Crippen LogP contribution in [0, 0.1) is 5.82 Å². The fraction of sp³-hybridized carbons (Fsp3) is 0.0741. The number of hydrogen-bond donors (Lipinski definition) is 0. The summed E-state index contributed by atoms with van der Waals surface area (Å²) in [4.78, 5) is 16.7. The number of thioether (sulfide) groups is 1. The van der Waals surface area contributed by atoms with Gasteiger partial charge in [0.1, 0.15) is 5.82 Å². The van der Waals surface area contributed by atoms with Gasteiger partial charge in [-0.1, -0.05) is 66.7 Å². The van der Waals surface area contributed by atoms with Gasteiger partial charge in [-0.15, -0.1) is 11.8 Å². The molecule has 4 heteroatoms. The van der Waals surface area contributed by atoms with Gasteiger partial charge in [0.05, 0.1) is 11.8 Å². The van der Waals surface area contributed by atoms with E-state index in [1.54, 1.807) is 23.9 Å². The molecule has 0 bridgehead atoms. The van der Waals surface area contributed by atoms with Crippen LogP contribution in [-0.4, -0.2) is 5.91 Å². The van der Waals surface area contributed by atoms with Crippen LogP contribution in [0.2, 0.25) is 0 Å². The Labute approximate surface area is 185 Å². The largest absolute Gasteiger partial charge is 0.304 e. The Morgan fingerprint density at radius 2 is 1.39 bits per heavy atom. The second-order valence-corrected chi connectivity index (χ2v) is 8.65. The normalized spacial score (nSPS) is 15.2. The molecule has 4 aromatic carbocycles. The zero-order chi connectivity index (χ0) is 21.2. The predicted molar refractivity (Wildman–Crippen MR) is 124 cm³/mol. The third kappa shape index (κ3) is 3.87. The Bertz CT molecular complexity index is 1220. The summed E-state index contributed by atoms with van der Waals surface area (Å²) in [6, 6.07) is 32.5. The summed E-state index contributed by atoms with van der Waals surface area (Å²) in [5.41, 5.74) is 4.58. The molecule has 1 aliphatic rings. The van der Waals surface area contributed by atoms with Gasteiger partial charge in [0.2, 0.25) is 0 Å². The molecule has 152 valence electrons. The Balaban J connectivity index is 1.65. The second-order valence-electron chi connectivity index (χ2n) is 7.47. The number of amides is 1. The molecule has 0 unspecified atom stereocenters. The van der Waals surface area contributed by atoms with Gasteiger partial charge in [-0.2, -0.15) is 0 Å². The molecule has 0 fully saturated rings. The molecule has 1 atom stereocenters. The number of fused-ring (bicyclic) bond motifs is 2. The summed E-state index contributed by atoms with van der Waals surface area (Å²) in [6.45, 7) is 0.382. The van der Waals surface area contributed by atoms with Crippen LogP contribution in [0.1, 0.15) is 32.3 Å². The number of para-hydroxylation sites is 1. The van der Waals surface area contributed by atoms with E-state index in [0.717, 1.165) is 27.3 Å². The lowest BCUT2D eigenvalue weighted by Crippen LogP contribution is -2.30. The average molecular weight is 426 g/mol. The first-order chi connectivity index (χ1) is 15.2. The molecule has 0 radical (unpaired) electrons. The fourth-order valence-electron chi connectivity index (χ4n) is 3.99. The van der Waals surface area contributed by atoms with Crippen molar-refractivity contribution >= 4 is 23.4 Å². The maximum Gasteiger partial charge on any atom is 0.258 e. The van der Waals surface area contributed by atoms with E-state index in [1.807, 2.05) is 65.6 Å². The van der Waals surface area contributed by atoms with E-state index >= 15 is 0 Å². The van der Waals surface area contributed by atoms with E-state index < -0.39 is 0 Å². The SMILES string of the molecule is O=C1c2ccccc2[C@H](Sc2ccccc2)c2ccccc2N1Cc1ccc(F)cc1. The van der Waals surface area contributed by atoms with Gasteiger partial charge in [0.15, 0.2) is 0 Å². The summed E-state index contributed by atoms with van der Waals surface area (Å²) >= 11 is 1.75. The predicted octanol–water partition coefficient (Wildman–Crippen LogP) is 6.87. The number of anilines is 1. The van der Waals surface area contributed by atoms with E-state index in [1.165, 1.54) is 12.1 Å². The summed E-state index contributed by atoms with van der Waals surface area (Å²) < 4.78 is 13.4. The summed E-state index contributed by atoms with van der Waals surface area (Å²) in [5, 5.41) is -0.0167. The molecule has 1 aliphatic heterocycles.